The molecule has 0 saturated heterocycles. The number of hydrogen-bond acceptors (Lipinski definition) is 2. The van der Waals surface area contributed by atoms with Gasteiger partial charge in [0.1, 0.15) is 0 Å². The maximum Gasteiger partial charge on any atom is 0.446 e. The number of carboxylic acid groups (broad SMARTS) is 1. The van der Waals surface area contributed by atoms with Gasteiger partial charge in [-0.1, -0.05) is 51.4 Å². The van der Waals surface area contributed by atoms with Crippen molar-refractivity contribution in [2.75, 3.05) is 0 Å². The lowest BCUT2D eigenvalue weighted by atomic mass is 9.69. The van der Waals surface area contributed by atoms with Crippen LogP contribution in [-0.4, -0.2) is 21.2 Å². The van der Waals surface area contributed by atoms with E-state index in [4.69, 9.17) is 11.6 Å². The van der Waals surface area contributed by atoms with Crippen molar-refractivity contribution in [2.45, 2.75) is 57.5 Å². The van der Waals surface area contributed by atoms with Crippen LogP contribution >= 0.6 is 23.4 Å². The molecule has 0 radical (unpaired) electrons. The molecule has 8 heteroatoms. The lowest BCUT2D eigenvalue weighted by Crippen LogP contribution is -2.34. The molecule has 178 valence electrons. The topological polar surface area (TPSA) is 42.2 Å². The molecule has 0 aliphatic carbocycles. The summed E-state index contributed by atoms with van der Waals surface area (Å²) in [5.41, 5.74) is -1.39. The maximum atomic E-state index is 13.0. The summed E-state index contributed by atoms with van der Waals surface area (Å²) in [4.78, 5) is 11.9. The molecule has 0 bridgehead atoms. The van der Waals surface area contributed by atoms with Crippen LogP contribution in [0, 0.1) is 18.3 Å². The van der Waals surface area contributed by atoms with Gasteiger partial charge in [-0.25, -0.2) is 0 Å². The fourth-order valence-electron chi connectivity index (χ4n) is 4.27. The van der Waals surface area contributed by atoms with E-state index < -0.39 is 22.8 Å². The van der Waals surface area contributed by atoms with Gasteiger partial charge in [0.05, 0.1) is 5.92 Å². The van der Waals surface area contributed by atoms with Crippen molar-refractivity contribution < 1.29 is 23.1 Å². The Bertz CT molecular complexity index is 1170. The summed E-state index contributed by atoms with van der Waals surface area (Å²) in [5.74, 6) is -1.68. The number of rotatable bonds is 7. The first-order valence-electron chi connectivity index (χ1n) is 10.6. The second kappa shape index (κ2) is 9.26. The summed E-state index contributed by atoms with van der Waals surface area (Å²) >= 11 is 5.90. The Hall–Kier alpha value is -2.12. The third-order valence-electron chi connectivity index (χ3n) is 6.84. The molecule has 2 unspecified atom stereocenters. The van der Waals surface area contributed by atoms with Crippen LogP contribution in [0.25, 0.3) is 10.9 Å². The van der Waals surface area contributed by atoms with Crippen LogP contribution in [-0.2, 0) is 11.3 Å². The van der Waals surface area contributed by atoms with E-state index in [1.54, 1.807) is 31.2 Å². The largest absolute Gasteiger partial charge is 0.481 e. The zero-order chi connectivity index (χ0) is 24.7. The van der Waals surface area contributed by atoms with Gasteiger partial charge in [-0.15, -0.1) is 0 Å². The second-order valence-electron chi connectivity index (χ2n) is 9.05. The Morgan fingerprint density at radius 2 is 1.73 bits per heavy atom. The summed E-state index contributed by atoms with van der Waals surface area (Å²) < 4.78 is 41.1. The van der Waals surface area contributed by atoms with Crippen molar-refractivity contribution in [3.63, 3.8) is 0 Å². The molecule has 1 aromatic heterocycles. The predicted octanol–water partition coefficient (Wildman–Crippen LogP) is 8.11. The van der Waals surface area contributed by atoms with Crippen LogP contribution in [0.4, 0.5) is 13.2 Å². The molecule has 0 fully saturated rings. The Labute approximate surface area is 200 Å². The number of benzene rings is 2. The fourth-order valence-corrected chi connectivity index (χ4v) is 4.97. The average molecular weight is 498 g/mol. The Kier molecular flexibility index (Phi) is 7.16. The maximum absolute atomic E-state index is 13.0. The minimum atomic E-state index is -4.37. The van der Waals surface area contributed by atoms with Gasteiger partial charge in [-0.05, 0) is 65.6 Å². The van der Waals surface area contributed by atoms with Crippen molar-refractivity contribution in [3.8, 4) is 0 Å². The van der Waals surface area contributed by atoms with E-state index in [9.17, 15) is 23.1 Å². The molecule has 3 rings (SSSR count). The number of alkyl halides is 3. The standard InChI is InChI=1S/C25H27ClF3NO2S/c1-14-20-12-19(33-25(27,28)29)10-11-21(20)30(13-17-6-8-18(26)9-7-17)22(14)15(2)24(4,5)16(3)23(31)32/h6-12,15-16H,13H2,1-5H3,(H,31,32). The smallest absolute Gasteiger partial charge is 0.446 e. The van der Waals surface area contributed by atoms with Gasteiger partial charge in [0.15, 0.2) is 0 Å². The van der Waals surface area contributed by atoms with Gasteiger partial charge in [-0.3, -0.25) is 4.79 Å². The van der Waals surface area contributed by atoms with E-state index in [-0.39, 0.29) is 22.6 Å². The van der Waals surface area contributed by atoms with Crippen LogP contribution in [0.5, 0.6) is 0 Å². The van der Waals surface area contributed by atoms with Crippen molar-refractivity contribution in [1.29, 1.82) is 0 Å². The number of aliphatic carboxylic acids is 1. The van der Waals surface area contributed by atoms with Crippen molar-refractivity contribution >= 4 is 40.2 Å². The van der Waals surface area contributed by atoms with Crippen molar-refractivity contribution in [1.82, 2.24) is 4.57 Å². The third kappa shape index (κ3) is 5.35. The number of hydrogen-bond donors (Lipinski definition) is 1. The first kappa shape index (κ1) is 25.5. The molecular weight excluding hydrogens is 471 g/mol. The third-order valence-corrected chi connectivity index (χ3v) is 7.81. The molecule has 2 atom stereocenters. The number of carbonyl (C=O) groups is 1. The number of aromatic nitrogens is 1. The van der Waals surface area contributed by atoms with Crippen molar-refractivity contribution in [2.24, 2.45) is 11.3 Å². The van der Waals surface area contributed by atoms with Crippen LogP contribution in [0.3, 0.4) is 0 Å². The predicted molar refractivity (Wildman–Crippen MR) is 128 cm³/mol. The Morgan fingerprint density at radius 3 is 2.27 bits per heavy atom. The van der Waals surface area contributed by atoms with Crippen LogP contribution < -0.4 is 0 Å². The van der Waals surface area contributed by atoms with Crippen LogP contribution in [0.15, 0.2) is 47.4 Å². The van der Waals surface area contributed by atoms with Crippen molar-refractivity contribution in [3.05, 3.63) is 64.3 Å². The number of fused-ring (bicyclic) bond motifs is 1. The van der Waals surface area contributed by atoms with Gasteiger partial charge in [-0.2, -0.15) is 13.2 Å². The number of carboxylic acids is 1. The Morgan fingerprint density at radius 1 is 1.12 bits per heavy atom. The van der Waals surface area contributed by atoms with E-state index in [1.807, 2.05) is 39.8 Å². The summed E-state index contributed by atoms with van der Waals surface area (Å²) in [5, 5.41) is 11.0. The summed E-state index contributed by atoms with van der Waals surface area (Å²) in [7, 11) is 0. The molecule has 0 saturated carbocycles. The fraction of sp³-hybridized carbons (Fsp3) is 0.400. The van der Waals surface area contributed by atoms with E-state index in [1.165, 1.54) is 6.07 Å². The zero-order valence-corrected chi connectivity index (χ0v) is 20.7. The molecule has 0 aliphatic heterocycles. The molecule has 3 nitrogen and oxygen atoms in total. The highest BCUT2D eigenvalue weighted by Crippen LogP contribution is 2.46. The monoisotopic (exact) mass is 497 g/mol. The quantitative estimate of drug-likeness (QED) is 0.335. The van der Waals surface area contributed by atoms with Gasteiger partial charge in [0.25, 0.3) is 0 Å². The van der Waals surface area contributed by atoms with E-state index in [0.717, 1.165) is 27.7 Å². The van der Waals surface area contributed by atoms with Gasteiger partial charge in [0.2, 0.25) is 0 Å². The van der Waals surface area contributed by atoms with Gasteiger partial charge < -0.3 is 9.67 Å². The number of aryl methyl sites for hydroxylation is 1. The normalized spacial score (nSPS) is 14.5. The molecule has 0 aliphatic rings. The van der Waals surface area contributed by atoms with E-state index in [2.05, 4.69) is 4.57 Å². The van der Waals surface area contributed by atoms with Crippen LogP contribution in [0.1, 0.15) is 50.4 Å². The van der Waals surface area contributed by atoms with Crippen LogP contribution in [0.2, 0.25) is 5.02 Å². The molecule has 0 amide bonds. The van der Waals surface area contributed by atoms with E-state index in [0.29, 0.717) is 11.6 Å². The molecule has 0 spiro atoms. The first-order valence-corrected chi connectivity index (χ1v) is 11.8. The number of halogens is 4. The molecule has 2 aromatic carbocycles. The van der Waals surface area contributed by atoms with E-state index >= 15 is 0 Å². The molecule has 33 heavy (non-hydrogen) atoms. The lowest BCUT2D eigenvalue weighted by molar-refractivity contribution is -0.145. The molecule has 1 heterocycles. The SMILES string of the molecule is Cc1c(C(C)C(C)(C)C(C)C(=O)O)n(Cc2ccc(Cl)cc2)c2ccc(SC(F)(F)F)cc12. The zero-order valence-electron chi connectivity index (χ0n) is 19.1. The summed E-state index contributed by atoms with van der Waals surface area (Å²) in [6.45, 7) is 9.92. The molecule has 1 N–H and O–H groups in total. The highest BCUT2D eigenvalue weighted by molar-refractivity contribution is 8.00. The Balaban J connectivity index is 2.21. The highest BCUT2D eigenvalue weighted by atomic mass is 35.5. The molecular formula is C25H27ClF3NO2S. The second-order valence-corrected chi connectivity index (χ2v) is 10.6. The summed E-state index contributed by atoms with van der Waals surface area (Å²) in [6, 6.07) is 12.2. The van der Waals surface area contributed by atoms with Gasteiger partial charge >= 0.3 is 11.5 Å². The summed E-state index contributed by atoms with van der Waals surface area (Å²) in [6.07, 6.45) is 0. The first-order chi connectivity index (χ1) is 15.2. The highest BCUT2D eigenvalue weighted by Gasteiger charge is 2.39. The minimum absolute atomic E-state index is 0.124. The molecule has 3 aromatic rings. The van der Waals surface area contributed by atoms with Gasteiger partial charge in [0, 0.05) is 39.0 Å². The number of thioether (sulfide) groups is 1. The minimum Gasteiger partial charge on any atom is -0.481 e. The average Bonchev–Trinajstić information content (AvgIpc) is 2.98. The lowest BCUT2D eigenvalue weighted by Gasteiger charge is -2.36. The number of nitrogens with zero attached hydrogens (tertiary/aromatic N) is 1.